The molecule has 0 saturated carbocycles. The lowest BCUT2D eigenvalue weighted by Crippen LogP contribution is -2.62. The molecule has 0 aliphatic carbocycles. The van der Waals surface area contributed by atoms with Gasteiger partial charge in [0.05, 0.1) is 29.9 Å². The van der Waals surface area contributed by atoms with E-state index < -0.39 is 58.9 Å². The Balaban J connectivity index is 1.97. The first-order valence-corrected chi connectivity index (χ1v) is 16.9. The van der Waals surface area contributed by atoms with Crippen molar-refractivity contribution in [1.82, 2.24) is 31.4 Å². The third kappa shape index (κ3) is 12.2. The maximum atomic E-state index is 13.9. The van der Waals surface area contributed by atoms with Gasteiger partial charge in [-0.05, 0) is 47.6 Å². The number of carbonyl (C=O) groups is 4. The molecule has 13 heteroatoms. The number of nitrogens with one attached hydrogen (secondary N) is 4. The highest BCUT2D eigenvalue weighted by Crippen LogP contribution is 2.23. The smallest absolute Gasteiger partial charge is 0.332 e. The second-order valence-electron chi connectivity index (χ2n) is 14.8. The van der Waals surface area contributed by atoms with Crippen molar-refractivity contribution in [3.05, 3.63) is 90.1 Å². The lowest BCUT2D eigenvalue weighted by Gasteiger charge is -2.36. The molecule has 51 heavy (non-hydrogen) atoms. The average Bonchev–Trinajstić information content (AvgIpc) is 3.04. The van der Waals surface area contributed by atoms with Crippen LogP contribution in [0.3, 0.4) is 0 Å². The number of nitrogens with zero attached hydrogens (tertiary/aromatic N) is 2. The first-order chi connectivity index (χ1) is 23.9. The summed E-state index contributed by atoms with van der Waals surface area (Å²) in [5, 5.41) is 41.0. The fourth-order valence-corrected chi connectivity index (χ4v) is 5.77. The van der Waals surface area contributed by atoms with Crippen LogP contribution in [-0.4, -0.2) is 92.9 Å². The number of aromatic nitrogens is 1. The minimum Gasteiger partial charge on any atom is -0.480 e. The predicted octanol–water partition coefficient (Wildman–Crippen LogP) is 2.85. The zero-order valence-corrected chi connectivity index (χ0v) is 30.4. The number of carbonyl (C=O) groups excluding carboxylic acids is 2. The van der Waals surface area contributed by atoms with E-state index in [9.17, 15) is 34.5 Å². The van der Waals surface area contributed by atoms with Gasteiger partial charge in [0.2, 0.25) is 11.9 Å². The maximum absolute atomic E-state index is 13.9. The van der Waals surface area contributed by atoms with E-state index in [0.29, 0.717) is 6.42 Å². The molecule has 0 radical (unpaired) electrons. The molecule has 0 fully saturated rings. The number of hydrazine groups is 1. The van der Waals surface area contributed by atoms with Crippen molar-refractivity contribution in [1.29, 1.82) is 0 Å². The van der Waals surface area contributed by atoms with Crippen LogP contribution in [0.1, 0.15) is 52.7 Å². The molecule has 4 atom stereocenters. The molecular formula is C38H52N6O7. The van der Waals surface area contributed by atoms with E-state index in [1.807, 2.05) is 93.6 Å². The molecule has 276 valence electrons. The summed E-state index contributed by atoms with van der Waals surface area (Å²) in [5.74, 6) is -4.27. The van der Waals surface area contributed by atoms with Gasteiger partial charge in [-0.3, -0.25) is 25.3 Å². The normalized spacial score (nSPS) is 14.4. The van der Waals surface area contributed by atoms with Crippen molar-refractivity contribution >= 4 is 23.8 Å². The average molecular weight is 705 g/mol. The lowest BCUT2D eigenvalue weighted by atomic mass is 9.85. The second-order valence-corrected chi connectivity index (χ2v) is 14.8. The van der Waals surface area contributed by atoms with Crippen molar-refractivity contribution in [3.63, 3.8) is 0 Å². The maximum Gasteiger partial charge on any atom is 0.332 e. The number of carboxylic acid groups (broad SMARTS) is 2. The summed E-state index contributed by atoms with van der Waals surface area (Å²) < 4.78 is 0. The number of benzene rings is 2. The zero-order valence-electron chi connectivity index (χ0n) is 30.4. The minimum absolute atomic E-state index is 0.108. The van der Waals surface area contributed by atoms with Gasteiger partial charge in [0.25, 0.3) is 5.91 Å². The SMILES string of the molecule is CNC(C(=O)NC(Cc1ccccc1)C(O)CN(Cc1ccc(-c2ccccn2)cc1)NC(=O)C(NC(C(=O)O)C(=O)O)C(C)(C)C)C(C)(C)C. The molecule has 3 rings (SSSR count). The van der Waals surface area contributed by atoms with Gasteiger partial charge in [-0.15, -0.1) is 0 Å². The first-order valence-electron chi connectivity index (χ1n) is 16.9. The van der Waals surface area contributed by atoms with Crippen molar-refractivity contribution in [2.45, 2.75) is 84.8 Å². The van der Waals surface area contributed by atoms with Gasteiger partial charge >= 0.3 is 11.9 Å². The number of hydrogen-bond acceptors (Lipinski definition) is 9. The van der Waals surface area contributed by atoms with Crippen molar-refractivity contribution in [2.75, 3.05) is 13.6 Å². The fourth-order valence-electron chi connectivity index (χ4n) is 5.77. The van der Waals surface area contributed by atoms with Crippen LogP contribution in [0.2, 0.25) is 0 Å². The number of amides is 2. The highest BCUT2D eigenvalue weighted by molar-refractivity contribution is 5.98. The predicted molar refractivity (Wildman–Crippen MR) is 194 cm³/mol. The van der Waals surface area contributed by atoms with Crippen LogP contribution in [0.15, 0.2) is 79.0 Å². The Morgan fingerprint density at radius 3 is 1.86 bits per heavy atom. The Morgan fingerprint density at radius 1 is 0.765 bits per heavy atom. The molecule has 2 aromatic carbocycles. The molecule has 3 aromatic rings. The van der Waals surface area contributed by atoms with Gasteiger partial charge in [-0.2, -0.15) is 0 Å². The topological polar surface area (TPSA) is 193 Å². The number of carboxylic acids is 2. The summed E-state index contributed by atoms with van der Waals surface area (Å²) in [5.41, 5.74) is 4.77. The summed E-state index contributed by atoms with van der Waals surface area (Å²) >= 11 is 0. The Hall–Kier alpha value is -4.69. The third-order valence-electron chi connectivity index (χ3n) is 8.43. The Labute approximate surface area is 299 Å². The van der Waals surface area contributed by atoms with E-state index in [0.717, 1.165) is 22.4 Å². The summed E-state index contributed by atoms with van der Waals surface area (Å²) in [6.45, 7) is 10.8. The highest BCUT2D eigenvalue weighted by Gasteiger charge is 2.39. The number of hydrogen-bond donors (Lipinski definition) is 7. The number of pyridine rings is 1. The van der Waals surface area contributed by atoms with Crippen LogP contribution < -0.4 is 21.4 Å². The van der Waals surface area contributed by atoms with Crippen molar-refractivity contribution < 1.29 is 34.5 Å². The molecule has 7 N–H and O–H groups in total. The van der Waals surface area contributed by atoms with Gasteiger partial charge in [0.1, 0.15) is 0 Å². The Morgan fingerprint density at radius 2 is 1.35 bits per heavy atom. The quantitative estimate of drug-likeness (QED) is 0.0807. The fraction of sp³-hybridized carbons (Fsp3) is 0.447. The van der Waals surface area contributed by atoms with E-state index in [1.165, 1.54) is 5.01 Å². The van der Waals surface area contributed by atoms with Gasteiger partial charge in [-0.25, -0.2) is 14.6 Å². The van der Waals surface area contributed by atoms with E-state index in [2.05, 4.69) is 26.4 Å². The van der Waals surface area contributed by atoms with Gasteiger partial charge in [0, 0.05) is 24.8 Å². The number of aliphatic hydroxyl groups excluding tert-OH is 1. The summed E-state index contributed by atoms with van der Waals surface area (Å²) in [6.07, 6.45) is 0.790. The molecule has 13 nitrogen and oxygen atoms in total. The summed E-state index contributed by atoms with van der Waals surface area (Å²) in [7, 11) is 1.70. The van der Waals surface area contributed by atoms with E-state index in [-0.39, 0.29) is 19.0 Å². The molecule has 1 aromatic heterocycles. The molecule has 0 aliphatic heterocycles. The zero-order chi connectivity index (χ0) is 37.9. The van der Waals surface area contributed by atoms with Crippen LogP contribution >= 0.6 is 0 Å². The van der Waals surface area contributed by atoms with E-state index in [4.69, 9.17) is 0 Å². The molecule has 1 heterocycles. The van der Waals surface area contributed by atoms with E-state index in [1.54, 1.807) is 34.0 Å². The van der Waals surface area contributed by atoms with Crippen LogP contribution in [-0.2, 0) is 32.1 Å². The van der Waals surface area contributed by atoms with Crippen molar-refractivity contribution in [2.24, 2.45) is 10.8 Å². The third-order valence-corrected chi connectivity index (χ3v) is 8.43. The molecule has 4 unspecified atom stereocenters. The molecule has 0 bridgehead atoms. The molecular weight excluding hydrogens is 652 g/mol. The van der Waals surface area contributed by atoms with Crippen LogP contribution in [0, 0.1) is 10.8 Å². The van der Waals surface area contributed by atoms with Gasteiger partial charge in [-0.1, -0.05) is 102 Å². The Bertz CT molecular complexity index is 1580. The van der Waals surface area contributed by atoms with Crippen LogP contribution in [0.25, 0.3) is 11.3 Å². The number of rotatable bonds is 17. The molecule has 2 amide bonds. The highest BCUT2D eigenvalue weighted by atomic mass is 16.4. The van der Waals surface area contributed by atoms with Gasteiger partial charge in [0.15, 0.2) is 0 Å². The standard InChI is InChI=1S/C38H52N6O7/c1-37(2,3)31(39-7)33(46)41-28(21-24-13-9-8-10-14-24)29(45)23-44(22-25-16-18-26(19-17-25)27-15-11-12-20-40-27)43-34(47)32(38(4,5)6)42-30(35(48)49)36(50)51/h8-20,28-32,39,42,45H,21-23H2,1-7H3,(H,41,46)(H,43,47)(H,48,49)(H,50,51). The summed E-state index contributed by atoms with van der Waals surface area (Å²) in [4.78, 5) is 55.3. The monoisotopic (exact) mass is 704 g/mol. The van der Waals surface area contributed by atoms with Crippen LogP contribution in [0.4, 0.5) is 0 Å². The number of aliphatic carboxylic acids is 2. The Kier molecular flexibility index (Phi) is 14.4. The first kappa shape index (κ1) is 40.7. The van der Waals surface area contributed by atoms with Crippen LogP contribution in [0.5, 0.6) is 0 Å². The largest absolute Gasteiger partial charge is 0.480 e. The molecule has 0 saturated heterocycles. The number of likely N-dealkylation sites (N-methyl/N-ethyl adjacent to an activating group) is 1. The van der Waals surface area contributed by atoms with E-state index >= 15 is 0 Å². The summed E-state index contributed by atoms with van der Waals surface area (Å²) in [6, 6.07) is 17.9. The molecule has 0 spiro atoms. The second kappa shape index (κ2) is 18.0. The lowest BCUT2D eigenvalue weighted by molar-refractivity contribution is -0.152. The number of aliphatic hydroxyl groups is 1. The molecule has 0 aliphatic rings. The van der Waals surface area contributed by atoms with Crippen molar-refractivity contribution in [3.8, 4) is 11.3 Å². The van der Waals surface area contributed by atoms with Gasteiger partial charge < -0.3 is 26.0 Å². The minimum atomic E-state index is -2.04.